The summed E-state index contributed by atoms with van der Waals surface area (Å²) >= 11 is 0. The second-order valence-corrected chi connectivity index (χ2v) is 3.31. The average molecular weight is 237 g/mol. The van der Waals surface area contributed by atoms with Crippen LogP contribution in [0.15, 0.2) is 36.0 Å². The highest BCUT2D eigenvalue weighted by molar-refractivity contribution is 5.96. The Labute approximate surface area is 98.1 Å². The SMILES string of the molecule is COC(=O)/C=C(/C)NC(=O)c1ccc(F)cc1. The smallest absolute Gasteiger partial charge is 0.332 e. The van der Waals surface area contributed by atoms with Gasteiger partial charge in [0.25, 0.3) is 5.91 Å². The van der Waals surface area contributed by atoms with Crippen molar-refractivity contribution in [1.82, 2.24) is 5.32 Å². The second kappa shape index (κ2) is 5.79. The normalized spacial score (nSPS) is 10.9. The van der Waals surface area contributed by atoms with Gasteiger partial charge in [-0.15, -0.1) is 0 Å². The van der Waals surface area contributed by atoms with Gasteiger partial charge in [-0.2, -0.15) is 0 Å². The highest BCUT2D eigenvalue weighted by atomic mass is 19.1. The van der Waals surface area contributed by atoms with Gasteiger partial charge in [0, 0.05) is 17.3 Å². The van der Waals surface area contributed by atoms with Crippen molar-refractivity contribution in [3.8, 4) is 0 Å². The van der Waals surface area contributed by atoms with E-state index >= 15 is 0 Å². The van der Waals surface area contributed by atoms with Gasteiger partial charge in [-0.1, -0.05) is 0 Å². The number of carbonyl (C=O) groups excluding carboxylic acids is 2. The number of ether oxygens (including phenoxy) is 1. The summed E-state index contributed by atoms with van der Waals surface area (Å²) < 4.78 is 17.0. The van der Waals surface area contributed by atoms with Gasteiger partial charge in [-0.3, -0.25) is 4.79 Å². The van der Waals surface area contributed by atoms with Crippen molar-refractivity contribution in [2.45, 2.75) is 6.92 Å². The van der Waals surface area contributed by atoms with Gasteiger partial charge in [-0.05, 0) is 31.2 Å². The molecule has 0 bridgehead atoms. The van der Waals surface area contributed by atoms with Crippen molar-refractivity contribution >= 4 is 11.9 Å². The molecule has 1 N–H and O–H groups in total. The topological polar surface area (TPSA) is 55.4 Å². The number of carbonyl (C=O) groups is 2. The molecule has 0 spiro atoms. The summed E-state index contributed by atoms with van der Waals surface area (Å²) in [5, 5.41) is 2.48. The molecule has 0 aliphatic rings. The van der Waals surface area contributed by atoms with Gasteiger partial charge in [0.2, 0.25) is 0 Å². The summed E-state index contributed by atoms with van der Waals surface area (Å²) in [7, 11) is 1.24. The fourth-order valence-electron chi connectivity index (χ4n) is 1.12. The van der Waals surface area contributed by atoms with E-state index in [0.717, 1.165) is 6.08 Å². The summed E-state index contributed by atoms with van der Waals surface area (Å²) in [5.41, 5.74) is 0.662. The van der Waals surface area contributed by atoms with E-state index < -0.39 is 17.7 Å². The highest BCUT2D eigenvalue weighted by Gasteiger charge is 2.06. The number of esters is 1. The lowest BCUT2D eigenvalue weighted by molar-refractivity contribution is -0.134. The first-order chi connectivity index (χ1) is 8.02. The summed E-state index contributed by atoms with van der Waals surface area (Å²) in [5.74, 6) is -1.38. The minimum Gasteiger partial charge on any atom is -0.466 e. The molecule has 0 saturated carbocycles. The third-order valence-electron chi connectivity index (χ3n) is 1.95. The number of hydrogen-bond acceptors (Lipinski definition) is 3. The quantitative estimate of drug-likeness (QED) is 0.642. The monoisotopic (exact) mass is 237 g/mol. The van der Waals surface area contributed by atoms with Gasteiger partial charge in [0.1, 0.15) is 5.82 Å². The van der Waals surface area contributed by atoms with E-state index in [0.29, 0.717) is 11.3 Å². The summed E-state index contributed by atoms with van der Waals surface area (Å²) in [6, 6.07) is 5.09. The number of methoxy groups -OCH3 is 1. The lowest BCUT2D eigenvalue weighted by atomic mass is 10.2. The Kier molecular flexibility index (Phi) is 4.39. The molecule has 1 aromatic carbocycles. The van der Waals surface area contributed by atoms with Crippen molar-refractivity contribution in [1.29, 1.82) is 0 Å². The Morgan fingerprint density at radius 3 is 2.41 bits per heavy atom. The van der Waals surface area contributed by atoms with Crippen LogP contribution in [0.3, 0.4) is 0 Å². The van der Waals surface area contributed by atoms with E-state index in [2.05, 4.69) is 10.1 Å². The molecule has 1 rings (SSSR count). The molecule has 0 atom stereocenters. The van der Waals surface area contributed by atoms with Crippen molar-refractivity contribution in [3.05, 3.63) is 47.4 Å². The predicted octanol–water partition coefficient (Wildman–Crippen LogP) is 1.63. The Balaban J connectivity index is 2.69. The van der Waals surface area contributed by atoms with Gasteiger partial charge >= 0.3 is 5.97 Å². The van der Waals surface area contributed by atoms with E-state index in [1.807, 2.05) is 0 Å². The third kappa shape index (κ3) is 4.06. The summed E-state index contributed by atoms with van der Waals surface area (Å²) in [6.45, 7) is 1.55. The molecule has 0 saturated heterocycles. The van der Waals surface area contributed by atoms with Crippen LogP contribution in [-0.4, -0.2) is 19.0 Å². The van der Waals surface area contributed by atoms with Crippen LogP contribution in [-0.2, 0) is 9.53 Å². The Morgan fingerprint density at radius 1 is 1.29 bits per heavy atom. The van der Waals surface area contributed by atoms with Gasteiger partial charge in [0.05, 0.1) is 7.11 Å². The van der Waals surface area contributed by atoms with E-state index in [1.54, 1.807) is 6.92 Å². The standard InChI is InChI=1S/C12H12FNO3/c1-8(7-11(15)17-2)14-12(16)9-3-5-10(13)6-4-9/h3-7H,1-2H3,(H,14,16)/b8-7-. The van der Waals surface area contributed by atoms with Crippen molar-refractivity contribution < 1.29 is 18.7 Å². The number of rotatable bonds is 3. The fourth-order valence-corrected chi connectivity index (χ4v) is 1.12. The molecular formula is C12H12FNO3. The zero-order valence-electron chi connectivity index (χ0n) is 9.49. The van der Waals surface area contributed by atoms with Crippen molar-refractivity contribution in [2.75, 3.05) is 7.11 Å². The maximum Gasteiger partial charge on any atom is 0.332 e. The lowest BCUT2D eigenvalue weighted by Gasteiger charge is -2.04. The van der Waals surface area contributed by atoms with Crippen LogP contribution in [0.5, 0.6) is 0 Å². The molecular weight excluding hydrogens is 225 g/mol. The molecule has 0 aliphatic heterocycles. The molecule has 90 valence electrons. The van der Waals surface area contributed by atoms with Crippen molar-refractivity contribution in [2.24, 2.45) is 0 Å². The van der Waals surface area contributed by atoms with E-state index in [-0.39, 0.29) is 0 Å². The molecule has 0 heterocycles. The zero-order valence-corrected chi connectivity index (χ0v) is 9.49. The van der Waals surface area contributed by atoms with Crippen LogP contribution in [0.1, 0.15) is 17.3 Å². The van der Waals surface area contributed by atoms with Crippen LogP contribution in [0.4, 0.5) is 4.39 Å². The largest absolute Gasteiger partial charge is 0.466 e. The molecule has 17 heavy (non-hydrogen) atoms. The van der Waals surface area contributed by atoms with Crippen LogP contribution < -0.4 is 5.32 Å². The Morgan fingerprint density at radius 2 is 1.88 bits per heavy atom. The summed E-state index contributed by atoms with van der Waals surface area (Å²) in [4.78, 5) is 22.5. The number of hydrogen-bond donors (Lipinski definition) is 1. The van der Waals surface area contributed by atoms with Crippen LogP contribution in [0.2, 0.25) is 0 Å². The molecule has 0 fully saturated rings. The van der Waals surface area contributed by atoms with Crippen LogP contribution >= 0.6 is 0 Å². The maximum absolute atomic E-state index is 12.6. The fraction of sp³-hybridized carbons (Fsp3) is 0.167. The minimum atomic E-state index is -0.554. The first-order valence-electron chi connectivity index (χ1n) is 4.86. The highest BCUT2D eigenvalue weighted by Crippen LogP contribution is 2.03. The van der Waals surface area contributed by atoms with E-state index in [1.165, 1.54) is 31.4 Å². The molecule has 4 nitrogen and oxygen atoms in total. The molecule has 1 aromatic rings. The van der Waals surface area contributed by atoms with Gasteiger partial charge in [-0.25, -0.2) is 9.18 Å². The van der Waals surface area contributed by atoms with Crippen LogP contribution in [0.25, 0.3) is 0 Å². The van der Waals surface area contributed by atoms with Gasteiger partial charge < -0.3 is 10.1 Å². The average Bonchev–Trinajstić information content (AvgIpc) is 2.29. The van der Waals surface area contributed by atoms with Crippen molar-refractivity contribution in [3.63, 3.8) is 0 Å². The lowest BCUT2D eigenvalue weighted by Crippen LogP contribution is -2.22. The maximum atomic E-state index is 12.6. The molecule has 0 aliphatic carbocycles. The number of allylic oxidation sites excluding steroid dienone is 1. The number of amides is 1. The molecule has 0 radical (unpaired) electrons. The Bertz CT molecular complexity index is 451. The minimum absolute atomic E-state index is 0.309. The molecule has 0 unspecified atom stereocenters. The second-order valence-electron chi connectivity index (χ2n) is 3.31. The van der Waals surface area contributed by atoms with Gasteiger partial charge in [0.15, 0.2) is 0 Å². The number of halogens is 1. The van der Waals surface area contributed by atoms with E-state index in [4.69, 9.17) is 0 Å². The zero-order chi connectivity index (χ0) is 12.8. The molecule has 1 amide bonds. The predicted molar refractivity (Wildman–Crippen MR) is 59.6 cm³/mol. The number of benzene rings is 1. The summed E-state index contributed by atoms with van der Waals surface area (Å²) in [6.07, 6.45) is 1.15. The van der Waals surface area contributed by atoms with Crippen LogP contribution in [0, 0.1) is 5.82 Å². The Hall–Kier alpha value is -2.17. The van der Waals surface area contributed by atoms with E-state index in [9.17, 15) is 14.0 Å². The molecule has 5 heteroatoms. The first-order valence-corrected chi connectivity index (χ1v) is 4.86. The number of nitrogens with one attached hydrogen (secondary N) is 1. The first kappa shape index (κ1) is 12.9. The third-order valence-corrected chi connectivity index (χ3v) is 1.95. The molecule has 0 aromatic heterocycles.